The van der Waals surface area contributed by atoms with E-state index in [1.54, 1.807) is 0 Å². The summed E-state index contributed by atoms with van der Waals surface area (Å²) >= 11 is 5.88. The Bertz CT molecular complexity index is 501. The van der Waals surface area contributed by atoms with E-state index >= 15 is 0 Å². The molecule has 0 saturated carbocycles. The Morgan fingerprint density at radius 1 is 1.32 bits per heavy atom. The molecule has 22 heavy (non-hydrogen) atoms. The number of pyridine rings is 1. The van der Waals surface area contributed by atoms with Gasteiger partial charge >= 0.3 is 6.18 Å². The van der Waals surface area contributed by atoms with E-state index < -0.39 is 11.7 Å². The third kappa shape index (κ3) is 4.47. The monoisotopic (exact) mass is 336 g/mol. The van der Waals surface area contributed by atoms with Crippen LogP contribution in [0.15, 0.2) is 12.3 Å². The molecule has 2 heterocycles. The van der Waals surface area contributed by atoms with Gasteiger partial charge in [0.1, 0.15) is 5.82 Å². The van der Waals surface area contributed by atoms with Crippen LogP contribution in [0.2, 0.25) is 5.02 Å². The first-order valence-corrected chi connectivity index (χ1v) is 7.54. The molecule has 2 rings (SSSR count). The van der Waals surface area contributed by atoms with E-state index in [0.717, 1.165) is 38.4 Å². The molecule has 1 aliphatic rings. The maximum absolute atomic E-state index is 12.6. The summed E-state index contributed by atoms with van der Waals surface area (Å²) in [5, 5.41) is 3.02. The number of nitrogens with one attached hydrogen (secondary N) is 1. The molecular weight excluding hydrogens is 317 g/mol. The lowest BCUT2D eigenvalue weighted by atomic mass is 10.2. The number of rotatable bonds is 4. The topological polar surface area (TPSA) is 31.4 Å². The lowest BCUT2D eigenvalue weighted by molar-refractivity contribution is -0.137. The van der Waals surface area contributed by atoms with Gasteiger partial charge in [0.2, 0.25) is 0 Å². The van der Waals surface area contributed by atoms with Gasteiger partial charge in [-0.3, -0.25) is 4.90 Å². The minimum absolute atomic E-state index is 0.0135. The van der Waals surface area contributed by atoms with Gasteiger partial charge in [-0.2, -0.15) is 13.2 Å². The number of anilines is 1. The summed E-state index contributed by atoms with van der Waals surface area (Å²) in [5.41, 5.74) is -0.838. The van der Waals surface area contributed by atoms with Crippen LogP contribution in [-0.4, -0.2) is 60.6 Å². The molecule has 0 amide bonds. The van der Waals surface area contributed by atoms with Crippen LogP contribution in [0, 0.1) is 0 Å². The van der Waals surface area contributed by atoms with E-state index in [1.807, 2.05) is 0 Å². The van der Waals surface area contributed by atoms with Gasteiger partial charge in [-0.15, -0.1) is 0 Å². The Balaban J connectivity index is 1.91. The first-order chi connectivity index (χ1) is 10.3. The molecule has 0 radical (unpaired) electrons. The van der Waals surface area contributed by atoms with Crippen LogP contribution in [0.3, 0.4) is 0 Å². The number of likely N-dealkylation sites (N-methyl/N-ethyl adjacent to an activating group) is 1. The van der Waals surface area contributed by atoms with Gasteiger partial charge in [0.05, 0.1) is 10.6 Å². The van der Waals surface area contributed by atoms with Crippen molar-refractivity contribution in [2.24, 2.45) is 0 Å². The Hall–Kier alpha value is -1.05. The molecule has 0 aliphatic carbocycles. The second-order valence-corrected chi connectivity index (χ2v) is 6.03. The van der Waals surface area contributed by atoms with E-state index in [4.69, 9.17) is 11.6 Å². The highest BCUT2D eigenvalue weighted by Gasteiger charge is 2.31. The largest absolute Gasteiger partial charge is 0.417 e. The van der Waals surface area contributed by atoms with E-state index in [1.165, 1.54) is 0 Å². The van der Waals surface area contributed by atoms with Crippen molar-refractivity contribution in [2.75, 3.05) is 45.1 Å². The van der Waals surface area contributed by atoms with Crippen LogP contribution in [0.1, 0.15) is 12.5 Å². The van der Waals surface area contributed by atoms with Crippen molar-refractivity contribution in [2.45, 2.75) is 19.1 Å². The summed E-state index contributed by atoms with van der Waals surface area (Å²) in [6.45, 7) is 6.66. The average molecular weight is 337 g/mol. The van der Waals surface area contributed by atoms with Crippen LogP contribution in [0.25, 0.3) is 0 Å². The predicted octanol–water partition coefficient (Wildman–Crippen LogP) is 2.80. The summed E-state index contributed by atoms with van der Waals surface area (Å²) in [6, 6.07) is 1.16. The zero-order chi connectivity index (χ0) is 16.3. The molecule has 0 spiro atoms. The molecule has 0 unspecified atom stereocenters. The van der Waals surface area contributed by atoms with Gasteiger partial charge < -0.3 is 10.2 Å². The minimum atomic E-state index is -4.43. The maximum Gasteiger partial charge on any atom is 0.417 e. The van der Waals surface area contributed by atoms with E-state index in [9.17, 15) is 13.2 Å². The number of hydrogen-bond donors (Lipinski definition) is 1. The van der Waals surface area contributed by atoms with E-state index in [2.05, 4.69) is 34.1 Å². The molecule has 124 valence electrons. The van der Waals surface area contributed by atoms with Crippen molar-refractivity contribution >= 4 is 17.4 Å². The standard InChI is InChI=1S/C14H20ClF3N4/c1-10(22-5-3-21(2)4-6-22)8-19-13-12(15)7-11(9-20-13)14(16,17)18/h7,9-10H,3-6,8H2,1-2H3,(H,19,20)/t10-/m0/s1. The lowest BCUT2D eigenvalue weighted by Crippen LogP contribution is -2.49. The van der Waals surface area contributed by atoms with Crippen LogP contribution in [0.4, 0.5) is 19.0 Å². The fourth-order valence-electron chi connectivity index (χ4n) is 2.36. The third-order valence-electron chi connectivity index (χ3n) is 3.89. The highest BCUT2D eigenvalue weighted by Crippen LogP contribution is 2.32. The summed E-state index contributed by atoms with van der Waals surface area (Å²) in [4.78, 5) is 8.39. The van der Waals surface area contributed by atoms with E-state index in [-0.39, 0.29) is 16.9 Å². The highest BCUT2D eigenvalue weighted by atomic mass is 35.5. The van der Waals surface area contributed by atoms with E-state index in [0.29, 0.717) is 6.54 Å². The minimum Gasteiger partial charge on any atom is -0.367 e. The molecule has 0 bridgehead atoms. The molecule has 8 heteroatoms. The zero-order valence-electron chi connectivity index (χ0n) is 12.6. The zero-order valence-corrected chi connectivity index (χ0v) is 13.4. The van der Waals surface area contributed by atoms with Gasteiger partial charge in [0.15, 0.2) is 0 Å². The molecule has 1 aromatic rings. The van der Waals surface area contributed by atoms with Crippen molar-refractivity contribution < 1.29 is 13.2 Å². The SMILES string of the molecule is C[C@@H](CNc1ncc(C(F)(F)F)cc1Cl)N1CCN(C)CC1. The Kier molecular flexibility index (Phi) is 5.52. The summed E-state index contributed by atoms with van der Waals surface area (Å²) in [7, 11) is 2.09. The normalized spacial score (nSPS) is 19.2. The Labute approximate surface area is 133 Å². The first-order valence-electron chi connectivity index (χ1n) is 7.16. The average Bonchev–Trinajstić information content (AvgIpc) is 2.45. The molecule has 1 N–H and O–H groups in total. The van der Waals surface area contributed by atoms with Gasteiger partial charge in [-0.05, 0) is 20.0 Å². The Morgan fingerprint density at radius 3 is 2.50 bits per heavy atom. The number of hydrogen-bond acceptors (Lipinski definition) is 4. The molecule has 4 nitrogen and oxygen atoms in total. The fraction of sp³-hybridized carbons (Fsp3) is 0.643. The fourth-order valence-corrected chi connectivity index (χ4v) is 2.59. The van der Waals surface area contributed by atoms with Crippen LogP contribution < -0.4 is 5.32 Å². The highest BCUT2D eigenvalue weighted by molar-refractivity contribution is 6.32. The summed E-state index contributed by atoms with van der Waals surface area (Å²) < 4.78 is 37.7. The smallest absolute Gasteiger partial charge is 0.367 e. The van der Waals surface area contributed by atoms with Gasteiger partial charge in [-0.25, -0.2) is 4.98 Å². The number of piperazine rings is 1. The summed E-state index contributed by atoms with van der Waals surface area (Å²) in [5.74, 6) is 0.288. The van der Waals surface area contributed by atoms with Crippen molar-refractivity contribution in [1.29, 1.82) is 0 Å². The number of aromatic nitrogens is 1. The van der Waals surface area contributed by atoms with Crippen molar-refractivity contribution in [3.05, 3.63) is 22.8 Å². The molecule has 0 aromatic carbocycles. The quantitative estimate of drug-likeness (QED) is 0.916. The third-order valence-corrected chi connectivity index (χ3v) is 4.18. The van der Waals surface area contributed by atoms with Crippen molar-refractivity contribution in [3.8, 4) is 0 Å². The molecule has 1 saturated heterocycles. The molecule has 1 atom stereocenters. The molecule has 1 aromatic heterocycles. The predicted molar refractivity (Wildman–Crippen MR) is 81.3 cm³/mol. The molecule has 1 aliphatic heterocycles. The second-order valence-electron chi connectivity index (χ2n) is 5.62. The van der Waals surface area contributed by atoms with Crippen LogP contribution in [-0.2, 0) is 6.18 Å². The number of alkyl halides is 3. The summed E-state index contributed by atoms with van der Waals surface area (Å²) in [6.07, 6.45) is -3.63. The lowest BCUT2D eigenvalue weighted by Gasteiger charge is -2.36. The van der Waals surface area contributed by atoms with Crippen LogP contribution >= 0.6 is 11.6 Å². The maximum atomic E-state index is 12.6. The van der Waals surface area contributed by atoms with Gasteiger partial charge in [0.25, 0.3) is 0 Å². The van der Waals surface area contributed by atoms with Gasteiger partial charge in [-0.1, -0.05) is 11.6 Å². The molecular formula is C14H20ClF3N4. The first kappa shape index (κ1) is 17.3. The van der Waals surface area contributed by atoms with Gasteiger partial charge in [0, 0.05) is 45.0 Å². The van der Waals surface area contributed by atoms with Crippen molar-refractivity contribution in [3.63, 3.8) is 0 Å². The Morgan fingerprint density at radius 2 is 1.95 bits per heavy atom. The number of nitrogens with zero attached hydrogens (tertiary/aromatic N) is 3. The van der Waals surface area contributed by atoms with Crippen LogP contribution in [0.5, 0.6) is 0 Å². The van der Waals surface area contributed by atoms with Crippen molar-refractivity contribution in [1.82, 2.24) is 14.8 Å². The molecule has 1 fully saturated rings. The number of halogens is 4. The second kappa shape index (κ2) is 7.02.